The Morgan fingerprint density at radius 2 is 0.574 bits per heavy atom. The molecule has 284 valence electrons. The molecule has 0 aromatic heterocycles. The van der Waals surface area contributed by atoms with Crippen molar-refractivity contribution in [2.75, 3.05) is 13.2 Å². The minimum atomic E-state index is -10.3. The van der Waals surface area contributed by atoms with Crippen LogP contribution in [0.15, 0.2) is 0 Å². The second-order valence-corrected chi connectivity index (χ2v) is 19.7. The van der Waals surface area contributed by atoms with Crippen LogP contribution in [-0.2, 0) is 6.15 Å². The van der Waals surface area contributed by atoms with Crippen LogP contribution in [0.1, 0.15) is 104 Å². The Labute approximate surface area is 265 Å². The summed E-state index contributed by atoms with van der Waals surface area (Å²) in [5.74, 6) is -32.4. The maximum absolute atomic E-state index is 15.5. The number of hydrogen-bond donors (Lipinski definition) is 0. The second-order valence-electron chi connectivity index (χ2n) is 11.0. The third kappa shape index (κ3) is 9.83. The van der Waals surface area contributed by atoms with Crippen molar-refractivity contribution in [3.8, 4) is 0 Å². The van der Waals surface area contributed by atoms with Crippen molar-refractivity contribution in [2.45, 2.75) is 148 Å². The quantitative estimate of drug-likeness (QED) is 0.0548. The van der Waals surface area contributed by atoms with Gasteiger partial charge in [-0.25, -0.2) is 0 Å². The van der Waals surface area contributed by atoms with Crippen molar-refractivity contribution in [1.82, 2.24) is 0 Å². The van der Waals surface area contributed by atoms with Gasteiger partial charge in [0.2, 0.25) is 0 Å². The van der Waals surface area contributed by atoms with E-state index in [0.717, 1.165) is 0 Å². The molecule has 0 aliphatic carbocycles. The average molecular weight is 843 g/mol. The zero-order chi connectivity index (χ0) is 37.2. The zero-order valence-electron chi connectivity index (χ0n) is 25.4. The molecule has 0 spiro atoms. The molecule has 0 bridgehead atoms. The monoisotopic (exact) mass is 844 g/mol. The Balaban J connectivity index is 7.21. The second kappa shape index (κ2) is 17.6. The molecule has 0 unspecified atom stereocenters. The molecule has 0 heterocycles. The van der Waals surface area contributed by atoms with Gasteiger partial charge in [-0.3, -0.25) is 0 Å². The number of halogens is 18. The van der Waals surface area contributed by atoms with Gasteiger partial charge in [0.1, 0.15) is 0 Å². The standard InChI is InChI=1S/2C9H19O.2C4F9.Sn/c2*1-2-3-4-5-6-7-8-9-10;2*5-1(6)2(7,8)3(9,10)4(11,12)13;/h2*2-9H2,1H3;;;/q2*-1;;;+2. The van der Waals surface area contributed by atoms with E-state index in [1.54, 1.807) is 13.8 Å². The van der Waals surface area contributed by atoms with Crippen LogP contribution in [-0.4, -0.2) is 76.3 Å². The predicted octanol–water partition coefficient (Wildman–Crippen LogP) is 12.0. The molecule has 0 saturated heterocycles. The molecule has 0 saturated carbocycles. The molecule has 0 fully saturated rings. The molecule has 0 radical (unpaired) electrons. The molecule has 0 amide bonds. The van der Waals surface area contributed by atoms with Gasteiger partial charge < -0.3 is 0 Å². The van der Waals surface area contributed by atoms with Crippen molar-refractivity contribution in [3.05, 3.63) is 0 Å². The molecular weight excluding hydrogens is 805 g/mol. The van der Waals surface area contributed by atoms with E-state index >= 15 is 17.6 Å². The van der Waals surface area contributed by atoms with Crippen LogP contribution in [0.4, 0.5) is 79.0 Å². The van der Waals surface area contributed by atoms with Crippen LogP contribution >= 0.6 is 0 Å². The molecule has 0 aliphatic heterocycles. The SMILES string of the molecule is CCCCCCCCC[O][Sn]([O]CCCCCCCCC)([C](F)(F)C(F)(F)C(F)(F)C(F)(F)F)[C](F)(F)C(F)(F)C(F)(F)C(F)(F)F. The van der Waals surface area contributed by atoms with E-state index in [9.17, 15) is 61.5 Å². The van der Waals surface area contributed by atoms with Crippen molar-refractivity contribution >= 4 is 19.2 Å². The Hall–Kier alpha value is -0.541. The first-order valence-electron chi connectivity index (χ1n) is 14.8. The number of alkyl halides is 18. The molecular formula is C26H38F18O2Sn. The van der Waals surface area contributed by atoms with Gasteiger partial charge >= 0.3 is 265 Å². The summed E-state index contributed by atoms with van der Waals surface area (Å²) >= 11 is -10.3. The van der Waals surface area contributed by atoms with Crippen LogP contribution in [0, 0.1) is 0 Å². The molecule has 21 heteroatoms. The first-order chi connectivity index (χ1) is 21.1. The molecule has 0 aromatic carbocycles. The summed E-state index contributed by atoms with van der Waals surface area (Å²) in [5, 5.41) is 0. The van der Waals surface area contributed by atoms with Gasteiger partial charge in [0.25, 0.3) is 0 Å². The summed E-state index contributed by atoms with van der Waals surface area (Å²) < 4.78 is 245. The molecule has 2 nitrogen and oxygen atoms in total. The Morgan fingerprint density at radius 1 is 0.340 bits per heavy atom. The molecule has 0 rings (SSSR count). The van der Waals surface area contributed by atoms with Gasteiger partial charge in [-0.05, 0) is 0 Å². The topological polar surface area (TPSA) is 18.5 Å². The van der Waals surface area contributed by atoms with Gasteiger partial charge in [0, 0.05) is 0 Å². The first kappa shape index (κ1) is 46.5. The van der Waals surface area contributed by atoms with Crippen LogP contribution < -0.4 is 0 Å². The van der Waals surface area contributed by atoms with Crippen molar-refractivity contribution in [1.29, 1.82) is 0 Å². The van der Waals surface area contributed by atoms with Crippen molar-refractivity contribution < 1.29 is 85.2 Å². The molecule has 0 aliphatic rings. The van der Waals surface area contributed by atoms with Gasteiger partial charge in [0.05, 0.1) is 0 Å². The van der Waals surface area contributed by atoms with E-state index in [-0.39, 0.29) is 25.7 Å². The van der Waals surface area contributed by atoms with Crippen LogP contribution in [0.5, 0.6) is 0 Å². The zero-order valence-corrected chi connectivity index (χ0v) is 28.3. The van der Waals surface area contributed by atoms with E-state index in [1.807, 2.05) is 0 Å². The van der Waals surface area contributed by atoms with E-state index in [2.05, 4.69) is 6.15 Å². The van der Waals surface area contributed by atoms with E-state index in [0.29, 0.717) is 51.4 Å². The molecule has 0 aromatic rings. The van der Waals surface area contributed by atoms with E-state index in [4.69, 9.17) is 0 Å². The third-order valence-electron chi connectivity index (χ3n) is 7.22. The Kier molecular flexibility index (Phi) is 17.4. The number of rotatable bonds is 24. The normalized spacial score (nSPS) is 15.1. The van der Waals surface area contributed by atoms with Gasteiger partial charge in [-0.2, -0.15) is 0 Å². The third-order valence-corrected chi connectivity index (χ3v) is 17.2. The summed E-state index contributed by atoms with van der Waals surface area (Å²) in [5.41, 5.74) is 0. The summed E-state index contributed by atoms with van der Waals surface area (Å²) in [6.07, 6.45) is -12.7. The fourth-order valence-corrected chi connectivity index (χ4v) is 13.5. The summed E-state index contributed by atoms with van der Waals surface area (Å²) in [7, 11) is 0. The van der Waals surface area contributed by atoms with Gasteiger partial charge in [-0.15, -0.1) is 0 Å². The fraction of sp³-hybridized carbons (Fsp3) is 1.00. The van der Waals surface area contributed by atoms with Crippen LogP contribution in [0.3, 0.4) is 0 Å². The van der Waals surface area contributed by atoms with Gasteiger partial charge in [0.15, 0.2) is 0 Å². The van der Waals surface area contributed by atoms with E-state index < -0.39 is 89.2 Å². The molecule has 0 N–H and O–H groups in total. The summed E-state index contributed by atoms with van der Waals surface area (Å²) in [6, 6.07) is 0. The summed E-state index contributed by atoms with van der Waals surface area (Å²) in [6.45, 7) is -0.0897. The summed E-state index contributed by atoms with van der Waals surface area (Å²) in [4.78, 5) is 0. The Bertz CT molecular complexity index is 833. The van der Waals surface area contributed by atoms with Crippen molar-refractivity contribution in [2.24, 2.45) is 0 Å². The predicted molar refractivity (Wildman–Crippen MR) is 135 cm³/mol. The van der Waals surface area contributed by atoms with Gasteiger partial charge in [-0.1, -0.05) is 0 Å². The molecule has 47 heavy (non-hydrogen) atoms. The van der Waals surface area contributed by atoms with Crippen LogP contribution in [0.2, 0.25) is 0 Å². The number of hydrogen-bond acceptors (Lipinski definition) is 2. The average Bonchev–Trinajstić information content (AvgIpc) is 2.92. The fourth-order valence-electron chi connectivity index (χ4n) is 4.32. The van der Waals surface area contributed by atoms with Crippen LogP contribution in [0.25, 0.3) is 0 Å². The molecule has 0 atom stereocenters. The maximum atomic E-state index is 15.5. The minimum absolute atomic E-state index is 0.113. The van der Waals surface area contributed by atoms with E-state index in [1.165, 1.54) is 0 Å². The number of unbranched alkanes of at least 4 members (excludes halogenated alkanes) is 12. The van der Waals surface area contributed by atoms with Crippen molar-refractivity contribution in [3.63, 3.8) is 0 Å². The first-order valence-corrected chi connectivity index (χ1v) is 20.0. The Morgan fingerprint density at radius 3 is 0.809 bits per heavy atom.